The fraction of sp³-hybridized carbons (Fsp3) is 0.286. The number of amides is 2. The molecule has 3 rings (SSSR count). The van der Waals surface area contributed by atoms with E-state index in [2.05, 4.69) is 5.32 Å². The first-order valence-corrected chi connectivity index (χ1v) is 6.39. The largest absolute Gasteiger partial charge is 0.467 e. The van der Waals surface area contributed by atoms with Gasteiger partial charge in [-0.15, -0.1) is 0 Å². The van der Waals surface area contributed by atoms with Gasteiger partial charge in [0.05, 0.1) is 19.4 Å². The molecule has 0 fully saturated rings. The average Bonchev–Trinajstić information content (AvgIpc) is 3.10. The minimum Gasteiger partial charge on any atom is -0.467 e. The molecule has 104 valence electrons. The van der Waals surface area contributed by atoms with E-state index in [1.54, 1.807) is 36.1 Å². The summed E-state index contributed by atoms with van der Waals surface area (Å²) < 4.78 is 6.97. The van der Waals surface area contributed by atoms with Gasteiger partial charge in [-0.25, -0.2) is 0 Å². The van der Waals surface area contributed by atoms with Crippen molar-refractivity contribution in [3.8, 4) is 0 Å². The first kappa shape index (κ1) is 12.5. The van der Waals surface area contributed by atoms with Crippen LogP contribution in [-0.2, 0) is 17.9 Å². The first-order valence-electron chi connectivity index (χ1n) is 6.39. The summed E-state index contributed by atoms with van der Waals surface area (Å²) in [5.74, 6) is 0.362. The van der Waals surface area contributed by atoms with Crippen LogP contribution in [0.1, 0.15) is 16.2 Å². The summed E-state index contributed by atoms with van der Waals surface area (Å²) >= 11 is 0. The molecule has 0 radical (unpaired) electrons. The highest BCUT2D eigenvalue weighted by Crippen LogP contribution is 2.17. The van der Waals surface area contributed by atoms with Crippen molar-refractivity contribution < 1.29 is 14.0 Å². The Hall–Kier alpha value is -2.50. The van der Waals surface area contributed by atoms with E-state index < -0.39 is 6.04 Å². The lowest BCUT2D eigenvalue weighted by Gasteiger charge is -2.32. The highest BCUT2D eigenvalue weighted by Gasteiger charge is 2.33. The van der Waals surface area contributed by atoms with Crippen LogP contribution in [0.15, 0.2) is 41.1 Å². The van der Waals surface area contributed by atoms with E-state index in [1.165, 1.54) is 4.90 Å². The van der Waals surface area contributed by atoms with E-state index >= 15 is 0 Å². The maximum atomic E-state index is 12.2. The van der Waals surface area contributed by atoms with Crippen LogP contribution in [0.5, 0.6) is 0 Å². The molecular formula is C14H15N3O3. The fourth-order valence-corrected chi connectivity index (χ4v) is 2.36. The number of aromatic nitrogens is 1. The third-order valence-electron chi connectivity index (χ3n) is 3.53. The van der Waals surface area contributed by atoms with Crippen LogP contribution in [0.25, 0.3) is 0 Å². The third kappa shape index (κ3) is 2.09. The molecule has 0 bridgehead atoms. The van der Waals surface area contributed by atoms with Crippen LogP contribution in [-0.4, -0.2) is 34.4 Å². The average molecular weight is 273 g/mol. The maximum absolute atomic E-state index is 12.2. The number of likely N-dealkylation sites (N-methyl/N-ethyl adjacent to an activating group) is 1. The number of carbonyl (C=O) groups is 2. The lowest BCUT2D eigenvalue weighted by molar-refractivity contribution is -0.126. The molecule has 0 aliphatic carbocycles. The van der Waals surface area contributed by atoms with Crippen molar-refractivity contribution >= 4 is 11.8 Å². The van der Waals surface area contributed by atoms with Gasteiger partial charge in [0, 0.05) is 13.2 Å². The summed E-state index contributed by atoms with van der Waals surface area (Å²) in [6, 6.07) is 6.63. The quantitative estimate of drug-likeness (QED) is 0.901. The number of hydrogen-bond acceptors (Lipinski definition) is 3. The summed E-state index contributed by atoms with van der Waals surface area (Å²) in [4.78, 5) is 25.8. The Bertz CT molecular complexity index is 630. The Labute approximate surface area is 116 Å². The smallest absolute Gasteiger partial charge is 0.270 e. The number of rotatable bonds is 3. The Morgan fingerprint density at radius 1 is 1.45 bits per heavy atom. The van der Waals surface area contributed by atoms with Gasteiger partial charge in [-0.2, -0.15) is 0 Å². The fourth-order valence-electron chi connectivity index (χ4n) is 2.36. The van der Waals surface area contributed by atoms with Gasteiger partial charge < -0.3 is 19.2 Å². The number of fused-ring (bicyclic) bond motifs is 1. The monoisotopic (exact) mass is 273 g/mol. The molecule has 1 unspecified atom stereocenters. The molecule has 2 amide bonds. The standard InChI is InChI=1S/C14H15N3O3/c1-16-12(9-17-6-2-5-11(17)14(16)19)13(18)15-8-10-4-3-7-20-10/h2-7,12H,8-9H2,1H3,(H,15,18). The second-order valence-electron chi connectivity index (χ2n) is 4.77. The minimum atomic E-state index is -0.502. The second kappa shape index (κ2) is 4.88. The Balaban J connectivity index is 1.71. The van der Waals surface area contributed by atoms with E-state index in [4.69, 9.17) is 4.42 Å². The van der Waals surface area contributed by atoms with Crippen molar-refractivity contribution in [1.82, 2.24) is 14.8 Å². The van der Waals surface area contributed by atoms with Crippen LogP contribution in [0, 0.1) is 0 Å². The molecule has 6 heteroatoms. The molecule has 0 spiro atoms. The molecule has 1 atom stereocenters. The Kier molecular flexibility index (Phi) is 3.06. The topological polar surface area (TPSA) is 67.5 Å². The highest BCUT2D eigenvalue weighted by molar-refractivity contribution is 5.97. The molecule has 0 saturated heterocycles. The molecule has 6 nitrogen and oxygen atoms in total. The van der Waals surface area contributed by atoms with Gasteiger partial charge in [0.1, 0.15) is 17.5 Å². The van der Waals surface area contributed by atoms with Gasteiger partial charge >= 0.3 is 0 Å². The van der Waals surface area contributed by atoms with Crippen molar-refractivity contribution in [1.29, 1.82) is 0 Å². The predicted molar refractivity (Wildman–Crippen MR) is 70.9 cm³/mol. The maximum Gasteiger partial charge on any atom is 0.270 e. The predicted octanol–water partition coefficient (Wildman–Crippen LogP) is 0.852. The molecule has 20 heavy (non-hydrogen) atoms. The molecule has 1 aliphatic rings. The van der Waals surface area contributed by atoms with Crippen molar-refractivity contribution in [2.45, 2.75) is 19.1 Å². The second-order valence-corrected chi connectivity index (χ2v) is 4.77. The van der Waals surface area contributed by atoms with Crippen molar-refractivity contribution in [2.24, 2.45) is 0 Å². The van der Waals surface area contributed by atoms with Gasteiger partial charge in [-0.3, -0.25) is 9.59 Å². The lowest BCUT2D eigenvalue weighted by Crippen LogP contribution is -2.53. The number of nitrogens with zero attached hydrogens (tertiary/aromatic N) is 2. The normalized spacial score (nSPS) is 17.9. The van der Waals surface area contributed by atoms with Crippen molar-refractivity contribution in [2.75, 3.05) is 7.05 Å². The molecule has 3 heterocycles. The van der Waals surface area contributed by atoms with E-state index in [0.717, 1.165) is 0 Å². The van der Waals surface area contributed by atoms with E-state index in [1.807, 2.05) is 12.3 Å². The zero-order chi connectivity index (χ0) is 14.1. The highest BCUT2D eigenvalue weighted by atomic mass is 16.3. The number of furan rings is 1. The lowest BCUT2D eigenvalue weighted by atomic mass is 10.1. The molecule has 2 aromatic heterocycles. The summed E-state index contributed by atoms with van der Waals surface area (Å²) in [5, 5.41) is 2.79. The summed E-state index contributed by atoms with van der Waals surface area (Å²) in [7, 11) is 1.65. The van der Waals surface area contributed by atoms with Crippen LogP contribution in [0.4, 0.5) is 0 Å². The molecule has 1 N–H and O–H groups in total. The molecular weight excluding hydrogens is 258 g/mol. The summed E-state index contributed by atoms with van der Waals surface area (Å²) in [6.45, 7) is 0.789. The zero-order valence-electron chi connectivity index (χ0n) is 11.1. The Morgan fingerprint density at radius 2 is 2.30 bits per heavy atom. The van der Waals surface area contributed by atoms with E-state index in [0.29, 0.717) is 24.5 Å². The van der Waals surface area contributed by atoms with Gasteiger partial charge in [-0.05, 0) is 24.3 Å². The third-order valence-corrected chi connectivity index (χ3v) is 3.53. The summed E-state index contributed by atoms with van der Waals surface area (Å²) in [6.07, 6.45) is 3.37. The number of hydrogen-bond donors (Lipinski definition) is 1. The van der Waals surface area contributed by atoms with Gasteiger partial charge in [0.25, 0.3) is 5.91 Å². The van der Waals surface area contributed by atoms with Crippen LogP contribution in [0.3, 0.4) is 0 Å². The zero-order valence-corrected chi connectivity index (χ0v) is 11.1. The van der Waals surface area contributed by atoms with E-state index in [9.17, 15) is 9.59 Å². The molecule has 0 aromatic carbocycles. The van der Waals surface area contributed by atoms with Crippen LogP contribution >= 0.6 is 0 Å². The van der Waals surface area contributed by atoms with Gasteiger partial charge in [0.15, 0.2) is 0 Å². The SMILES string of the molecule is CN1C(=O)c2cccn2CC1C(=O)NCc1ccco1. The van der Waals surface area contributed by atoms with Crippen molar-refractivity contribution in [3.63, 3.8) is 0 Å². The summed E-state index contributed by atoms with van der Waals surface area (Å²) in [5.41, 5.74) is 0.614. The van der Waals surface area contributed by atoms with Gasteiger partial charge in [-0.1, -0.05) is 0 Å². The van der Waals surface area contributed by atoms with E-state index in [-0.39, 0.29) is 11.8 Å². The van der Waals surface area contributed by atoms with Crippen LogP contribution < -0.4 is 5.32 Å². The molecule has 0 saturated carbocycles. The first-order chi connectivity index (χ1) is 9.66. The van der Waals surface area contributed by atoms with Crippen LogP contribution in [0.2, 0.25) is 0 Å². The van der Waals surface area contributed by atoms with Gasteiger partial charge in [0.2, 0.25) is 5.91 Å². The molecule has 1 aliphatic heterocycles. The van der Waals surface area contributed by atoms with Crippen molar-refractivity contribution in [3.05, 3.63) is 48.2 Å². The molecule has 2 aromatic rings. The number of carbonyl (C=O) groups excluding carboxylic acids is 2. The Morgan fingerprint density at radius 3 is 3.05 bits per heavy atom. The number of nitrogens with one attached hydrogen (secondary N) is 1. The minimum absolute atomic E-state index is 0.139.